The first-order valence-corrected chi connectivity index (χ1v) is 8.24. The quantitative estimate of drug-likeness (QED) is 0.937. The van der Waals surface area contributed by atoms with Crippen LogP contribution in [0.25, 0.3) is 0 Å². The Bertz CT molecular complexity index is 749. The molecular weight excluding hydrogens is 286 g/mol. The summed E-state index contributed by atoms with van der Waals surface area (Å²) in [5.41, 5.74) is 5.73. The zero-order chi connectivity index (χ0) is 16.0. The van der Waals surface area contributed by atoms with Gasteiger partial charge in [0.15, 0.2) is 11.5 Å². The predicted molar refractivity (Wildman–Crippen MR) is 91.5 cm³/mol. The lowest BCUT2D eigenvalue weighted by atomic mass is 9.80. The van der Waals surface area contributed by atoms with Crippen LogP contribution in [0.15, 0.2) is 36.4 Å². The average molecular weight is 309 g/mol. The Hall–Kier alpha value is -2.00. The lowest BCUT2D eigenvalue weighted by molar-refractivity contribution is 0.351. The number of nitrogens with one attached hydrogen (secondary N) is 1. The van der Waals surface area contributed by atoms with Crippen molar-refractivity contribution in [3.8, 4) is 11.5 Å². The maximum Gasteiger partial charge on any atom is 0.161 e. The Kier molecular flexibility index (Phi) is 3.34. The van der Waals surface area contributed by atoms with E-state index in [1.165, 1.54) is 35.1 Å². The third-order valence-electron chi connectivity index (χ3n) is 5.44. The molecule has 23 heavy (non-hydrogen) atoms. The van der Waals surface area contributed by atoms with Gasteiger partial charge in [-0.25, -0.2) is 0 Å². The molecule has 2 aromatic rings. The molecule has 1 heterocycles. The van der Waals surface area contributed by atoms with Crippen LogP contribution >= 0.6 is 0 Å². The molecule has 4 rings (SSSR count). The first-order chi connectivity index (χ1) is 11.2. The fraction of sp³-hybridized carbons (Fsp3) is 0.400. The maximum absolute atomic E-state index is 5.55. The second kappa shape index (κ2) is 5.27. The van der Waals surface area contributed by atoms with Crippen molar-refractivity contribution in [2.24, 2.45) is 0 Å². The molecule has 0 aromatic heterocycles. The number of hydrogen-bond donors (Lipinski definition) is 1. The van der Waals surface area contributed by atoms with Crippen LogP contribution in [0.4, 0.5) is 0 Å². The SMILES string of the molecule is COc1cc2c(cc1OC)C1(CC1)CNC2c1ccccc1C. The van der Waals surface area contributed by atoms with Crippen LogP contribution in [-0.4, -0.2) is 20.8 Å². The number of hydrogen-bond acceptors (Lipinski definition) is 3. The molecule has 2 aromatic carbocycles. The Morgan fingerprint density at radius 3 is 2.35 bits per heavy atom. The standard InChI is InChI=1S/C20H23NO2/c1-13-6-4-5-7-14(13)19-15-10-17(22-2)18(23-3)11-16(15)20(8-9-20)12-21-19/h4-7,10-11,19,21H,8-9,12H2,1-3H3. The molecule has 0 amide bonds. The number of methoxy groups -OCH3 is 2. The second-order valence-electron chi connectivity index (χ2n) is 6.75. The Labute approximate surface area is 137 Å². The minimum absolute atomic E-state index is 0.220. The van der Waals surface area contributed by atoms with Crippen molar-refractivity contribution in [1.29, 1.82) is 0 Å². The molecule has 1 aliphatic carbocycles. The molecule has 1 saturated carbocycles. The van der Waals surface area contributed by atoms with Crippen LogP contribution < -0.4 is 14.8 Å². The highest BCUT2D eigenvalue weighted by Gasteiger charge is 2.49. The van der Waals surface area contributed by atoms with Gasteiger partial charge in [-0.05, 0) is 54.2 Å². The van der Waals surface area contributed by atoms with E-state index in [4.69, 9.17) is 9.47 Å². The van der Waals surface area contributed by atoms with Gasteiger partial charge < -0.3 is 14.8 Å². The molecular formula is C20H23NO2. The molecule has 1 spiro atoms. The van der Waals surface area contributed by atoms with E-state index in [2.05, 4.69) is 48.6 Å². The molecule has 2 aliphatic rings. The highest BCUT2D eigenvalue weighted by Crippen LogP contribution is 2.55. The largest absolute Gasteiger partial charge is 0.493 e. The van der Waals surface area contributed by atoms with Crippen LogP contribution in [0.3, 0.4) is 0 Å². The van der Waals surface area contributed by atoms with Gasteiger partial charge in [-0.2, -0.15) is 0 Å². The third kappa shape index (κ3) is 2.22. The summed E-state index contributed by atoms with van der Waals surface area (Å²) in [6.45, 7) is 3.22. The monoisotopic (exact) mass is 309 g/mol. The van der Waals surface area contributed by atoms with Gasteiger partial charge in [0.2, 0.25) is 0 Å². The molecule has 1 unspecified atom stereocenters. The number of benzene rings is 2. The van der Waals surface area contributed by atoms with E-state index >= 15 is 0 Å². The van der Waals surface area contributed by atoms with E-state index in [1.807, 2.05) is 0 Å². The molecule has 1 aliphatic heterocycles. The van der Waals surface area contributed by atoms with E-state index < -0.39 is 0 Å². The van der Waals surface area contributed by atoms with E-state index in [0.717, 1.165) is 18.0 Å². The van der Waals surface area contributed by atoms with Crippen LogP contribution in [0.5, 0.6) is 11.5 Å². The van der Waals surface area contributed by atoms with Crippen molar-refractivity contribution in [2.75, 3.05) is 20.8 Å². The molecule has 3 heteroatoms. The average Bonchev–Trinajstić information content (AvgIpc) is 3.36. The summed E-state index contributed by atoms with van der Waals surface area (Å²) >= 11 is 0. The Morgan fingerprint density at radius 1 is 1.00 bits per heavy atom. The van der Waals surface area contributed by atoms with Crippen LogP contribution in [0.1, 0.15) is 41.1 Å². The van der Waals surface area contributed by atoms with Crippen molar-refractivity contribution < 1.29 is 9.47 Å². The fourth-order valence-electron chi connectivity index (χ4n) is 3.88. The molecule has 1 atom stereocenters. The number of ether oxygens (including phenoxy) is 2. The van der Waals surface area contributed by atoms with Crippen LogP contribution in [0, 0.1) is 6.92 Å². The second-order valence-corrected chi connectivity index (χ2v) is 6.75. The summed E-state index contributed by atoms with van der Waals surface area (Å²) in [7, 11) is 3.42. The Morgan fingerprint density at radius 2 is 1.70 bits per heavy atom. The van der Waals surface area contributed by atoms with Gasteiger partial charge in [0.1, 0.15) is 0 Å². The van der Waals surface area contributed by atoms with E-state index in [1.54, 1.807) is 14.2 Å². The fourth-order valence-corrected chi connectivity index (χ4v) is 3.88. The van der Waals surface area contributed by atoms with Crippen molar-refractivity contribution in [2.45, 2.75) is 31.2 Å². The summed E-state index contributed by atoms with van der Waals surface area (Å²) in [6.07, 6.45) is 2.51. The maximum atomic E-state index is 5.55. The number of fused-ring (bicyclic) bond motifs is 2. The topological polar surface area (TPSA) is 30.5 Å². The smallest absolute Gasteiger partial charge is 0.161 e. The predicted octanol–water partition coefficient (Wildman–Crippen LogP) is 3.74. The zero-order valence-electron chi connectivity index (χ0n) is 14.0. The van der Waals surface area contributed by atoms with Crippen LogP contribution in [-0.2, 0) is 5.41 Å². The van der Waals surface area contributed by atoms with Crippen molar-refractivity contribution in [1.82, 2.24) is 5.32 Å². The summed E-state index contributed by atoms with van der Waals surface area (Å²) in [5, 5.41) is 3.78. The minimum atomic E-state index is 0.220. The molecule has 1 fully saturated rings. The summed E-state index contributed by atoms with van der Waals surface area (Å²) in [6, 6.07) is 13.2. The summed E-state index contributed by atoms with van der Waals surface area (Å²) in [5.74, 6) is 1.65. The molecule has 1 N–H and O–H groups in total. The summed E-state index contributed by atoms with van der Waals surface area (Å²) < 4.78 is 11.1. The number of rotatable bonds is 3. The van der Waals surface area contributed by atoms with Gasteiger partial charge in [-0.3, -0.25) is 0 Å². The highest BCUT2D eigenvalue weighted by molar-refractivity contribution is 5.56. The molecule has 0 saturated heterocycles. The molecule has 0 radical (unpaired) electrons. The summed E-state index contributed by atoms with van der Waals surface area (Å²) in [4.78, 5) is 0. The molecule has 0 bridgehead atoms. The van der Waals surface area contributed by atoms with E-state index in [-0.39, 0.29) is 6.04 Å². The van der Waals surface area contributed by atoms with Crippen LogP contribution in [0.2, 0.25) is 0 Å². The van der Waals surface area contributed by atoms with Crippen molar-refractivity contribution in [3.05, 3.63) is 58.7 Å². The van der Waals surface area contributed by atoms with Crippen molar-refractivity contribution in [3.63, 3.8) is 0 Å². The lowest BCUT2D eigenvalue weighted by Crippen LogP contribution is -2.38. The van der Waals surface area contributed by atoms with Gasteiger partial charge in [0.25, 0.3) is 0 Å². The van der Waals surface area contributed by atoms with Gasteiger partial charge in [-0.1, -0.05) is 24.3 Å². The van der Waals surface area contributed by atoms with Gasteiger partial charge in [0.05, 0.1) is 20.3 Å². The minimum Gasteiger partial charge on any atom is -0.493 e. The molecule has 3 nitrogen and oxygen atoms in total. The Balaban J connectivity index is 1.89. The normalized spacial score (nSPS) is 20.9. The molecule has 120 valence electrons. The lowest BCUT2D eigenvalue weighted by Gasteiger charge is -2.34. The van der Waals surface area contributed by atoms with E-state index in [0.29, 0.717) is 5.41 Å². The zero-order valence-corrected chi connectivity index (χ0v) is 14.0. The first kappa shape index (κ1) is 14.6. The van der Waals surface area contributed by atoms with Gasteiger partial charge in [0, 0.05) is 12.0 Å². The number of aryl methyl sites for hydroxylation is 1. The van der Waals surface area contributed by atoms with Gasteiger partial charge >= 0.3 is 0 Å². The van der Waals surface area contributed by atoms with Crippen molar-refractivity contribution >= 4 is 0 Å². The third-order valence-corrected chi connectivity index (χ3v) is 5.44. The highest BCUT2D eigenvalue weighted by atomic mass is 16.5. The van der Waals surface area contributed by atoms with Gasteiger partial charge in [-0.15, -0.1) is 0 Å². The first-order valence-electron chi connectivity index (χ1n) is 8.24. The van der Waals surface area contributed by atoms with E-state index in [9.17, 15) is 0 Å².